The highest BCUT2D eigenvalue weighted by Crippen LogP contribution is 2.46. The number of hydrogen-bond acceptors (Lipinski definition) is 2. The minimum absolute atomic E-state index is 0.304. The van der Waals surface area contributed by atoms with Crippen molar-refractivity contribution in [1.82, 2.24) is 9.88 Å². The number of fused-ring (bicyclic) bond motifs is 2. The van der Waals surface area contributed by atoms with E-state index in [4.69, 9.17) is 23.2 Å². The van der Waals surface area contributed by atoms with Crippen LogP contribution < -0.4 is 0 Å². The Morgan fingerprint density at radius 3 is 2.52 bits per heavy atom. The van der Waals surface area contributed by atoms with E-state index in [9.17, 15) is 14.7 Å². The second-order valence-electron chi connectivity index (χ2n) is 7.40. The van der Waals surface area contributed by atoms with Crippen LogP contribution >= 0.6 is 23.2 Å². The maximum absolute atomic E-state index is 13.1. The number of carboxylic acids is 1. The summed E-state index contributed by atoms with van der Waals surface area (Å²) in [6.45, 7) is -0.411. The average Bonchev–Trinajstić information content (AvgIpc) is 3.23. The van der Waals surface area contributed by atoms with Gasteiger partial charge in [0.2, 0.25) is 0 Å². The number of para-hydroxylation sites is 1. The van der Waals surface area contributed by atoms with Gasteiger partial charge in [-0.3, -0.25) is 9.59 Å². The van der Waals surface area contributed by atoms with Crippen molar-refractivity contribution in [2.45, 2.75) is 6.04 Å². The van der Waals surface area contributed by atoms with Gasteiger partial charge < -0.3 is 15.0 Å². The summed E-state index contributed by atoms with van der Waals surface area (Å²) in [7, 11) is 0. The highest BCUT2D eigenvalue weighted by Gasteiger charge is 2.41. The van der Waals surface area contributed by atoms with E-state index in [1.54, 1.807) is 24.3 Å². The molecule has 154 valence electrons. The number of hydrogen-bond donors (Lipinski definition) is 2. The van der Waals surface area contributed by atoms with Gasteiger partial charge in [-0.05, 0) is 35.9 Å². The molecular weight excluding hydrogens is 435 g/mol. The molecule has 2 heterocycles. The van der Waals surface area contributed by atoms with Crippen LogP contribution in [0.25, 0.3) is 22.2 Å². The average molecular weight is 451 g/mol. The van der Waals surface area contributed by atoms with Crippen molar-refractivity contribution in [3.63, 3.8) is 0 Å². The first-order valence-corrected chi connectivity index (χ1v) is 10.4. The lowest BCUT2D eigenvalue weighted by molar-refractivity contribution is -0.138. The number of carbonyl (C=O) groups excluding carboxylic acids is 1. The fourth-order valence-corrected chi connectivity index (χ4v) is 4.85. The van der Waals surface area contributed by atoms with Crippen molar-refractivity contribution >= 4 is 46.0 Å². The third-order valence-corrected chi connectivity index (χ3v) is 6.13. The minimum Gasteiger partial charge on any atom is -0.480 e. The fourth-order valence-electron chi connectivity index (χ4n) is 4.34. The summed E-state index contributed by atoms with van der Waals surface area (Å²) >= 11 is 12.6. The summed E-state index contributed by atoms with van der Waals surface area (Å²) in [5, 5.41) is 11.4. The number of aromatic nitrogens is 1. The van der Waals surface area contributed by atoms with Crippen LogP contribution in [0.1, 0.15) is 27.5 Å². The van der Waals surface area contributed by atoms with Gasteiger partial charge in [0.05, 0.1) is 16.8 Å². The van der Waals surface area contributed by atoms with E-state index < -0.39 is 18.6 Å². The van der Waals surface area contributed by atoms with Crippen LogP contribution in [-0.2, 0) is 4.79 Å². The van der Waals surface area contributed by atoms with Crippen LogP contribution in [0, 0.1) is 0 Å². The number of benzene rings is 3. The van der Waals surface area contributed by atoms with E-state index in [0.29, 0.717) is 15.6 Å². The normalized spacial score (nSPS) is 15.5. The van der Waals surface area contributed by atoms with E-state index in [0.717, 1.165) is 33.3 Å². The van der Waals surface area contributed by atoms with Gasteiger partial charge >= 0.3 is 5.97 Å². The van der Waals surface area contributed by atoms with E-state index in [1.807, 2.05) is 42.5 Å². The molecule has 0 saturated carbocycles. The van der Waals surface area contributed by atoms with Crippen LogP contribution in [0.2, 0.25) is 10.0 Å². The molecule has 1 aliphatic heterocycles. The number of aliphatic carboxylic acids is 1. The molecule has 5 rings (SSSR count). The first-order valence-electron chi connectivity index (χ1n) is 9.63. The Morgan fingerprint density at radius 1 is 1.00 bits per heavy atom. The molecule has 1 atom stereocenters. The van der Waals surface area contributed by atoms with E-state index in [1.165, 1.54) is 4.90 Å². The molecule has 0 radical (unpaired) electrons. The predicted octanol–water partition coefficient (Wildman–Crippen LogP) is 5.77. The largest absolute Gasteiger partial charge is 0.480 e. The Hall–Kier alpha value is -3.28. The van der Waals surface area contributed by atoms with Crippen LogP contribution in [0.5, 0.6) is 0 Å². The number of nitrogens with zero attached hydrogens (tertiary/aromatic N) is 1. The highest BCUT2D eigenvalue weighted by molar-refractivity contribution is 6.36. The number of carboxylic acid groups (broad SMARTS) is 1. The van der Waals surface area contributed by atoms with Gasteiger partial charge in [-0.25, -0.2) is 0 Å². The lowest BCUT2D eigenvalue weighted by atomic mass is 9.93. The third-order valence-electron chi connectivity index (χ3n) is 5.58. The van der Waals surface area contributed by atoms with Crippen molar-refractivity contribution < 1.29 is 14.7 Å². The van der Waals surface area contributed by atoms with Crippen LogP contribution in [0.4, 0.5) is 0 Å². The topological polar surface area (TPSA) is 73.4 Å². The lowest BCUT2D eigenvalue weighted by Gasteiger charge is -2.25. The summed E-state index contributed by atoms with van der Waals surface area (Å²) in [6, 6.07) is 19.6. The number of carbonyl (C=O) groups is 2. The van der Waals surface area contributed by atoms with Gasteiger partial charge in [-0.2, -0.15) is 0 Å². The van der Waals surface area contributed by atoms with Crippen molar-refractivity contribution in [2.75, 3.05) is 6.54 Å². The Labute approximate surface area is 187 Å². The Kier molecular flexibility index (Phi) is 4.73. The molecule has 1 aromatic heterocycles. The zero-order valence-corrected chi connectivity index (χ0v) is 17.6. The second kappa shape index (κ2) is 7.45. The fraction of sp³-hybridized carbons (Fsp3) is 0.0833. The van der Waals surface area contributed by atoms with Crippen molar-refractivity contribution in [3.8, 4) is 11.3 Å². The molecule has 31 heavy (non-hydrogen) atoms. The number of amides is 1. The zero-order chi connectivity index (χ0) is 21.7. The van der Waals surface area contributed by atoms with E-state index in [2.05, 4.69) is 4.98 Å². The quantitative estimate of drug-likeness (QED) is 0.414. The molecule has 1 amide bonds. The number of rotatable bonds is 4. The Bertz CT molecular complexity index is 1360. The first-order chi connectivity index (χ1) is 15.0. The molecule has 0 aliphatic carbocycles. The molecule has 5 nitrogen and oxygen atoms in total. The second-order valence-corrected chi connectivity index (χ2v) is 8.24. The summed E-state index contributed by atoms with van der Waals surface area (Å²) in [4.78, 5) is 29.6. The van der Waals surface area contributed by atoms with Crippen molar-refractivity contribution in [3.05, 3.63) is 93.5 Å². The molecule has 0 unspecified atom stereocenters. The maximum Gasteiger partial charge on any atom is 0.323 e. The molecule has 3 aromatic carbocycles. The van der Waals surface area contributed by atoms with Gasteiger partial charge in [0.15, 0.2) is 0 Å². The molecule has 4 aromatic rings. The van der Waals surface area contributed by atoms with Crippen LogP contribution in [0.3, 0.4) is 0 Å². The first kappa shape index (κ1) is 19.7. The van der Waals surface area contributed by atoms with Gasteiger partial charge in [0.1, 0.15) is 6.54 Å². The van der Waals surface area contributed by atoms with Gasteiger partial charge in [-0.1, -0.05) is 59.6 Å². The van der Waals surface area contributed by atoms with Gasteiger partial charge in [0, 0.05) is 32.6 Å². The van der Waals surface area contributed by atoms with Crippen LogP contribution in [0.15, 0.2) is 66.7 Å². The third kappa shape index (κ3) is 3.17. The summed E-state index contributed by atoms with van der Waals surface area (Å²) < 4.78 is 0. The number of aromatic amines is 1. The summed E-state index contributed by atoms with van der Waals surface area (Å²) in [5.74, 6) is -1.38. The maximum atomic E-state index is 13.1. The number of H-pyrrole nitrogens is 1. The van der Waals surface area contributed by atoms with E-state index in [-0.39, 0.29) is 5.91 Å². The molecular formula is C24H16Cl2N2O3. The molecule has 7 heteroatoms. The monoisotopic (exact) mass is 450 g/mol. The molecule has 0 saturated heterocycles. The number of halogens is 2. The molecule has 0 fully saturated rings. The predicted molar refractivity (Wildman–Crippen MR) is 121 cm³/mol. The van der Waals surface area contributed by atoms with Crippen LogP contribution in [-0.4, -0.2) is 33.4 Å². The SMILES string of the molecule is O=C(O)CN1C(=O)c2ccccc2[C@@H]1c1c(-c2ccc(Cl)cc2Cl)[nH]c2ccccc12. The summed E-state index contributed by atoms with van der Waals surface area (Å²) in [6.07, 6.45) is 0. The molecule has 0 bridgehead atoms. The molecule has 2 N–H and O–H groups in total. The molecule has 0 spiro atoms. The Balaban J connectivity index is 1.83. The lowest BCUT2D eigenvalue weighted by Crippen LogP contribution is -2.34. The Morgan fingerprint density at radius 2 is 1.74 bits per heavy atom. The standard InChI is InChI=1S/C24H16Cl2N2O3/c25-13-9-10-16(18(26)11-13)22-21(17-7-3-4-8-19(17)27-22)23-14-5-1-2-6-15(14)24(31)28(23)12-20(29)30/h1-11,23,27H,12H2,(H,29,30)/t23-/m1/s1. The van der Waals surface area contributed by atoms with Gasteiger partial charge in [-0.15, -0.1) is 0 Å². The van der Waals surface area contributed by atoms with Crippen molar-refractivity contribution in [1.29, 1.82) is 0 Å². The van der Waals surface area contributed by atoms with Crippen molar-refractivity contribution in [2.24, 2.45) is 0 Å². The van der Waals surface area contributed by atoms with E-state index >= 15 is 0 Å². The highest BCUT2D eigenvalue weighted by atomic mass is 35.5. The summed E-state index contributed by atoms with van der Waals surface area (Å²) in [5.41, 5.74) is 4.40. The number of nitrogens with one attached hydrogen (secondary N) is 1. The van der Waals surface area contributed by atoms with Gasteiger partial charge in [0.25, 0.3) is 5.91 Å². The minimum atomic E-state index is -1.07. The smallest absolute Gasteiger partial charge is 0.323 e. The molecule has 1 aliphatic rings. The zero-order valence-electron chi connectivity index (χ0n) is 16.1.